The molecule has 2 nitrogen and oxygen atoms in total. The zero-order valence-corrected chi connectivity index (χ0v) is 6.32. The number of nitrogens with one attached hydrogen (secondary N) is 1. The molecule has 66 valence electrons. The first kappa shape index (κ1) is 8.87. The van der Waals surface area contributed by atoms with Crippen LogP contribution in [-0.4, -0.2) is 30.7 Å². The van der Waals surface area contributed by atoms with Gasteiger partial charge in [-0.05, 0) is 19.4 Å². The summed E-state index contributed by atoms with van der Waals surface area (Å²) in [7, 11) is 0. The predicted octanol–water partition coefficient (Wildman–Crippen LogP) is 0.614. The standard InChI is InChI=1S/C7H13F2NO/c8-7(9)5-10-3-1-6(7)2-4-11/h6,10-11H,1-5H2. The van der Waals surface area contributed by atoms with Gasteiger partial charge in [-0.25, -0.2) is 8.78 Å². The van der Waals surface area contributed by atoms with E-state index in [1.54, 1.807) is 0 Å². The van der Waals surface area contributed by atoms with Crippen molar-refractivity contribution in [3.05, 3.63) is 0 Å². The second kappa shape index (κ2) is 3.45. The summed E-state index contributed by atoms with van der Waals surface area (Å²) in [6, 6.07) is 0. The Morgan fingerprint density at radius 3 is 2.82 bits per heavy atom. The predicted molar refractivity (Wildman–Crippen MR) is 37.6 cm³/mol. The molecule has 4 heteroatoms. The lowest BCUT2D eigenvalue weighted by atomic mass is 9.91. The van der Waals surface area contributed by atoms with Crippen molar-refractivity contribution >= 4 is 0 Å². The van der Waals surface area contributed by atoms with E-state index >= 15 is 0 Å². The van der Waals surface area contributed by atoms with Gasteiger partial charge in [0.1, 0.15) is 0 Å². The fraction of sp³-hybridized carbons (Fsp3) is 1.00. The van der Waals surface area contributed by atoms with Gasteiger partial charge in [-0.1, -0.05) is 0 Å². The van der Waals surface area contributed by atoms with Crippen molar-refractivity contribution in [2.24, 2.45) is 5.92 Å². The molecule has 0 aromatic heterocycles. The van der Waals surface area contributed by atoms with Gasteiger partial charge in [0, 0.05) is 12.5 Å². The minimum atomic E-state index is -2.62. The number of piperidine rings is 1. The number of hydrogen-bond acceptors (Lipinski definition) is 2. The van der Waals surface area contributed by atoms with Gasteiger partial charge >= 0.3 is 0 Å². The molecule has 1 saturated heterocycles. The minimum absolute atomic E-state index is 0.139. The van der Waals surface area contributed by atoms with Crippen LogP contribution in [0.5, 0.6) is 0 Å². The maximum atomic E-state index is 12.9. The van der Waals surface area contributed by atoms with Gasteiger partial charge in [0.15, 0.2) is 0 Å². The number of alkyl halides is 2. The van der Waals surface area contributed by atoms with E-state index in [1.165, 1.54) is 0 Å². The van der Waals surface area contributed by atoms with Crippen LogP contribution in [0.3, 0.4) is 0 Å². The van der Waals surface area contributed by atoms with Crippen LogP contribution in [0.25, 0.3) is 0 Å². The van der Waals surface area contributed by atoms with E-state index in [9.17, 15) is 8.78 Å². The van der Waals surface area contributed by atoms with Crippen LogP contribution in [0.2, 0.25) is 0 Å². The summed E-state index contributed by atoms with van der Waals surface area (Å²) in [5.41, 5.74) is 0. The molecule has 2 N–H and O–H groups in total. The highest BCUT2D eigenvalue weighted by Crippen LogP contribution is 2.31. The maximum Gasteiger partial charge on any atom is 0.263 e. The Morgan fingerprint density at radius 2 is 2.27 bits per heavy atom. The molecule has 1 unspecified atom stereocenters. The molecule has 1 aliphatic rings. The van der Waals surface area contributed by atoms with Gasteiger partial charge in [-0.15, -0.1) is 0 Å². The van der Waals surface area contributed by atoms with Crippen molar-refractivity contribution in [3.8, 4) is 0 Å². The van der Waals surface area contributed by atoms with Crippen molar-refractivity contribution in [2.45, 2.75) is 18.8 Å². The van der Waals surface area contributed by atoms with Crippen molar-refractivity contribution in [1.82, 2.24) is 5.32 Å². The second-order valence-corrected chi connectivity index (χ2v) is 2.94. The van der Waals surface area contributed by atoms with Crippen molar-refractivity contribution in [2.75, 3.05) is 19.7 Å². The summed E-state index contributed by atoms with van der Waals surface area (Å²) in [5.74, 6) is -3.25. The van der Waals surface area contributed by atoms with Crippen LogP contribution < -0.4 is 5.32 Å². The lowest BCUT2D eigenvalue weighted by Gasteiger charge is -2.31. The molecule has 0 saturated carbocycles. The average molecular weight is 165 g/mol. The quantitative estimate of drug-likeness (QED) is 0.628. The van der Waals surface area contributed by atoms with E-state index in [0.717, 1.165) is 0 Å². The molecule has 0 amide bonds. The van der Waals surface area contributed by atoms with E-state index < -0.39 is 11.8 Å². The first-order valence-electron chi connectivity index (χ1n) is 3.86. The fourth-order valence-electron chi connectivity index (χ4n) is 1.40. The first-order valence-corrected chi connectivity index (χ1v) is 3.86. The number of halogens is 2. The molecule has 0 aliphatic carbocycles. The summed E-state index contributed by atoms with van der Waals surface area (Å²) < 4.78 is 25.8. The Morgan fingerprint density at radius 1 is 1.55 bits per heavy atom. The summed E-state index contributed by atoms with van der Waals surface area (Å²) in [6.07, 6.45) is 0.683. The number of aliphatic hydroxyl groups excluding tert-OH is 1. The van der Waals surface area contributed by atoms with Gasteiger partial charge in [0.2, 0.25) is 0 Å². The number of aliphatic hydroxyl groups is 1. The highest BCUT2D eigenvalue weighted by molar-refractivity contribution is 4.84. The molecule has 1 fully saturated rings. The van der Waals surface area contributed by atoms with E-state index in [-0.39, 0.29) is 19.6 Å². The summed E-state index contributed by atoms with van der Waals surface area (Å²) >= 11 is 0. The third-order valence-electron chi connectivity index (χ3n) is 2.11. The van der Waals surface area contributed by atoms with Crippen LogP contribution >= 0.6 is 0 Å². The number of rotatable bonds is 2. The molecule has 0 radical (unpaired) electrons. The molecule has 11 heavy (non-hydrogen) atoms. The van der Waals surface area contributed by atoms with Gasteiger partial charge in [-0.3, -0.25) is 0 Å². The molecule has 0 bridgehead atoms. The molecular formula is C7H13F2NO. The van der Waals surface area contributed by atoms with Gasteiger partial charge < -0.3 is 10.4 Å². The Bertz CT molecular complexity index is 128. The molecule has 1 atom stereocenters. The van der Waals surface area contributed by atoms with Gasteiger partial charge in [-0.2, -0.15) is 0 Å². The van der Waals surface area contributed by atoms with Gasteiger partial charge in [0.05, 0.1) is 6.54 Å². The SMILES string of the molecule is OCCC1CCNCC1(F)F. The van der Waals surface area contributed by atoms with E-state index in [1.807, 2.05) is 0 Å². The monoisotopic (exact) mass is 165 g/mol. The second-order valence-electron chi connectivity index (χ2n) is 2.94. The summed E-state index contributed by atoms with van der Waals surface area (Å²) in [6.45, 7) is 0.262. The smallest absolute Gasteiger partial charge is 0.263 e. The molecule has 0 aromatic carbocycles. The lowest BCUT2D eigenvalue weighted by Crippen LogP contribution is -2.46. The van der Waals surface area contributed by atoms with Crippen LogP contribution in [0.1, 0.15) is 12.8 Å². The third-order valence-corrected chi connectivity index (χ3v) is 2.11. The molecular weight excluding hydrogens is 152 g/mol. The Kier molecular flexibility index (Phi) is 2.78. The third kappa shape index (κ3) is 2.10. The number of hydrogen-bond donors (Lipinski definition) is 2. The summed E-state index contributed by atoms with van der Waals surface area (Å²) in [5, 5.41) is 11.1. The largest absolute Gasteiger partial charge is 0.396 e. The fourth-order valence-corrected chi connectivity index (χ4v) is 1.40. The van der Waals surface area contributed by atoms with Gasteiger partial charge in [0.25, 0.3) is 5.92 Å². The summed E-state index contributed by atoms with van der Waals surface area (Å²) in [4.78, 5) is 0. The molecule has 1 aliphatic heterocycles. The Hall–Kier alpha value is -0.220. The van der Waals surface area contributed by atoms with E-state index in [0.29, 0.717) is 13.0 Å². The van der Waals surface area contributed by atoms with Crippen LogP contribution in [-0.2, 0) is 0 Å². The highest BCUT2D eigenvalue weighted by atomic mass is 19.3. The molecule has 1 heterocycles. The van der Waals surface area contributed by atoms with Crippen molar-refractivity contribution < 1.29 is 13.9 Å². The van der Waals surface area contributed by atoms with Crippen LogP contribution in [0.4, 0.5) is 8.78 Å². The van der Waals surface area contributed by atoms with E-state index in [4.69, 9.17) is 5.11 Å². The average Bonchev–Trinajstić information content (AvgIpc) is 1.94. The minimum Gasteiger partial charge on any atom is -0.396 e. The zero-order valence-electron chi connectivity index (χ0n) is 6.32. The van der Waals surface area contributed by atoms with E-state index in [2.05, 4.69) is 5.32 Å². The maximum absolute atomic E-state index is 12.9. The van der Waals surface area contributed by atoms with Crippen molar-refractivity contribution in [1.29, 1.82) is 0 Å². The Labute approximate surface area is 64.6 Å². The highest BCUT2D eigenvalue weighted by Gasteiger charge is 2.40. The normalized spacial score (nSPS) is 30.3. The zero-order chi connectivity index (χ0) is 8.32. The van der Waals surface area contributed by atoms with Crippen molar-refractivity contribution in [3.63, 3.8) is 0 Å². The molecule has 1 rings (SSSR count). The Balaban J connectivity index is 2.45. The van der Waals surface area contributed by atoms with Crippen LogP contribution in [0, 0.1) is 5.92 Å². The lowest BCUT2D eigenvalue weighted by molar-refractivity contribution is -0.0798. The first-order chi connectivity index (χ1) is 5.17. The molecule has 0 aromatic rings. The topological polar surface area (TPSA) is 32.3 Å². The van der Waals surface area contributed by atoms with Crippen LogP contribution in [0.15, 0.2) is 0 Å². The molecule has 0 spiro atoms.